The molecule has 2 N–H and O–H groups in total. The molecule has 1 fully saturated rings. The maximum Gasteiger partial charge on any atom is 0.338 e. The number of phenolic OH excluding ortho intramolecular Hbond substituents is 1. The highest BCUT2D eigenvalue weighted by Crippen LogP contribution is 2.33. The minimum absolute atomic E-state index is 0.0475. The first-order chi connectivity index (χ1) is 13.2. The van der Waals surface area contributed by atoms with Crippen LogP contribution in [0.4, 0.5) is 0 Å². The van der Waals surface area contributed by atoms with E-state index in [1.165, 1.54) is 24.3 Å². The fourth-order valence-corrected chi connectivity index (χ4v) is 3.59. The van der Waals surface area contributed by atoms with Gasteiger partial charge in [0.1, 0.15) is 12.4 Å². The van der Waals surface area contributed by atoms with Gasteiger partial charge >= 0.3 is 11.9 Å². The highest BCUT2D eigenvalue weighted by Gasteiger charge is 2.44. The molecule has 6 heteroatoms. The molecule has 1 aromatic rings. The van der Waals surface area contributed by atoms with Crippen LogP contribution in [0.3, 0.4) is 0 Å². The van der Waals surface area contributed by atoms with Crippen molar-refractivity contribution in [1.82, 2.24) is 0 Å². The second kappa shape index (κ2) is 9.24. The summed E-state index contributed by atoms with van der Waals surface area (Å²) < 4.78 is 10.6. The number of carbonyl (C=O) groups is 2. The number of esters is 2. The van der Waals surface area contributed by atoms with Crippen LogP contribution in [0.5, 0.6) is 5.75 Å². The smallest absolute Gasteiger partial charge is 0.338 e. The van der Waals surface area contributed by atoms with E-state index in [1.54, 1.807) is 0 Å². The van der Waals surface area contributed by atoms with E-state index in [4.69, 9.17) is 9.47 Å². The van der Waals surface area contributed by atoms with Crippen LogP contribution in [0.25, 0.3) is 0 Å². The lowest BCUT2D eigenvalue weighted by molar-refractivity contribution is -0.154. The van der Waals surface area contributed by atoms with Crippen molar-refractivity contribution in [2.24, 2.45) is 17.8 Å². The second-order valence-electron chi connectivity index (χ2n) is 8.15. The zero-order valence-electron chi connectivity index (χ0n) is 17.0. The van der Waals surface area contributed by atoms with Crippen LogP contribution in [0, 0.1) is 17.8 Å². The predicted octanol–water partition coefficient (Wildman–Crippen LogP) is 3.47. The molecule has 1 saturated heterocycles. The van der Waals surface area contributed by atoms with Crippen molar-refractivity contribution in [3.8, 4) is 5.75 Å². The number of rotatable bonds is 8. The number of hydrogen-bond acceptors (Lipinski definition) is 6. The van der Waals surface area contributed by atoms with Gasteiger partial charge in [0.15, 0.2) is 5.60 Å². The molecule has 0 bridgehead atoms. The van der Waals surface area contributed by atoms with Gasteiger partial charge in [0.2, 0.25) is 0 Å². The third-order valence-corrected chi connectivity index (χ3v) is 5.27. The number of hydrogen-bond donors (Lipinski definition) is 2. The maximum atomic E-state index is 12.3. The maximum absolute atomic E-state index is 12.3. The highest BCUT2D eigenvalue weighted by atomic mass is 16.6. The van der Waals surface area contributed by atoms with Crippen LogP contribution >= 0.6 is 0 Å². The lowest BCUT2D eigenvalue weighted by Crippen LogP contribution is -2.39. The molecule has 1 unspecified atom stereocenters. The molecular formula is C22H30O6. The molecule has 1 aliphatic heterocycles. The van der Waals surface area contributed by atoms with Crippen LogP contribution in [0.2, 0.25) is 0 Å². The number of allylic oxidation sites excluding steroid dienone is 1. The first-order valence-electron chi connectivity index (χ1n) is 9.67. The van der Waals surface area contributed by atoms with Crippen LogP contribution < -0.4 is 0 Å². The van der Waals surface area contributed by atoms with Crippen molar-refractivity contribution in [3.05, 3.63) is 41.5 Å². The summed E-state index contributed by atoms with van der Waals surface area (Å²) in [6.45, 7) is 7.95. The van der Waals surface area contributed by atoms with Crippen molar-refractivity contribution < 1.29 is 29.3 Å². The van der Waals surface area contributed by atoms with Gasteiger partial charge in [0.25, 0.3) is 0 Å². The summed E-state index contributed by atoms with van der Waals surface area (Å²) in [6.07, 6.45) is 2.84. The molecule has 0 aromatic heterocycles. The second-order valence-corrected chi connectivity index (χ2v) is 8.15. The van der Waals surface area contributed by atoms with E-state index in [9.17, 15) is 19.8 Å². The third kappa shape index (κ3) is 5.35. The summed E-state index contributed by atoms with van der Waals surface area (Å²) in [6, 6.07) is 5.78. The number of carbonyl (C=O) groups excluding carboxylic acids is 2. The Kier molecular flexibility index (Phi) is 7.24. The van der Waals surface area contributed by atoms with E-state index in [0.29, 0.717) is 23.3 Å². The zero-order chi connectivity index (χ0) is 20.9. The normalized spacial score (nSPS) is 21.0. The summed E-state index contributed by atoms with van der Waals surface area (Å²) >= 11 is 0. The van der Waals surface area contributed by atoms with Crippen molar-refractivity contribution in [3.63, 3.8) is 0 Å². The van der Waals surface area contributed by atoms with Gasteiger partial charge < -0.3 is 19.7 Å². The Morgan fingerprint density at radius 3 is 2.54 bits per heavy atom. The Labute approximate surface area is 166 Å². The summed E-state index contributed by atoms with van der Waals surface area (Å²) in [5, 5.41) is 19.3. The minimum atomic E-state index is -1.26. The molecule has 154 valence electrons. The van der Waals surface area contributed by atoms with Gasteiger partial charge in [0, 0.05) is 12.0 Å². The van der Waals surface area contributed by atoms with Crippen LogP contribution in [-0.4, -0.2) is 41.0 Å². The quantitative estimate of drug-likeness (QED) is 0.521. The molecule has 1 heterocycles. The summed E-state index contributed by atoms with van der Waals surface area (Å²) in [4.78, 5) is 24.5. The fourth-order valence-electron chi connectivity index (χ4n) is 3.59. The Morgan fingerprint density at radius 1 is 1.29 bits per heavy atom. The van der Waals surface area contributed by atoms with Gasteiger partial charge in [-0.2, -0.15) is 0 Å². The molecule has 1 aliphatic rings. The van der Waals surface area contributed by atoms with E-state index >= 15 is 0 Å². The molecule has 1 aromatic carbocycles. The number of aliphatic hydroxyl groups excluding tert-OH is 1. The van der Waals surface area contributed by atoms with Gasteiger partial charge in [-0.05, 0) is 42.4 Å². The Bertz CT molecular complexity index is 728. The molecular weight excluding hydrogens is 360 g/mol. The molecule has 0 radical (unpaired) electrons. The van der Waals surface area contributed by atoms with E-state index in [1.807, 2.05) is 6.08 Å². The Hall–Kier alpha value is -2.34. The van der Waals surface area contributed by atoms with Crippen molar-refractivity contribution >= 4 is 11.9 Å². The third-order valence-electron chi connectivity index (χ3n) is 5.27. The number of benzene rings is 1. The van der Waals surface area contributed by atoms with Gasteiger partial charge in [-0.15, -0.1) is 0 Å². The van der Waals surface area contributed by atoms with Crippen molar-refractivity contribution in [2.75, 3.05) is 13.2 Å². The van der Waals surface area contributed by atoms with E-state index in [-0.39, 0.29) is 24.3 Å². The van der Waals surface area contributed by atoms with E-state index in [0.717, 1.165) is 6.42 Å². The average molecular weight is 390 g/mol. The van der Waals surface area contributed by atoms with Crippen LogP contribution in [-0.2, 0) is 14.3 Å². The first kappa shape index (κ1) is 22.0. The topological polar surface area (TPSA) is 93.1 Å². The average Bonchev–Trinajstić information content (AvgIpc) is 2.96. The highest BCUT2D eigenvalue weighted by molar-refractivity contribution is 5.92. The van der Waals surface area contributed by atoms with Crippen LogP contribution in [0.1, 0.15) is 50.9 Å². The standard InChI is InChI=1S/C22H30O6/c1-14(2)19(15(3)4)9-8-17-11-22(12-23,28-21(17)26)13-27-20(25)16-6-5-7-18(24)10-16/h5-8,10,14-15,19,23-24H,9,11-13H2,1-4H3/b17-8+. The number of cyclic esters (lactones) is 1. The van der Waals surface area contributed by atoms with Gasteiger partial charge in [0.05, 0.1) is 12.2 Å². The summed E-state index contributed by atoms with van der Waals surface area (Å²) in [5.41, 5.74) is -0.570. The molecule has 2 rings (SSSR count). The lowest BCUT2D eigenvalue weighted by atomic mass is 9.82. The van der Waals surface area contributed by atoms with Crippen molar-refractivity contribution in [2.45, 2.75) is 46.1 Å². The molecule has 0 saturated carbocycles. The number of aromatic hydroxyl groups is 1. The van der Waals surface area contributed by atoms with E-state index in [2.05, 4.69) is 27.7 Å². The molecule has 0 spiro atoms. The Morgan fingerprint density at radius 2 is 1.96 bits per heavy atom. The number of ether oxygens (including phenoxy) is 2. The van der Waals surface area contributed by atoms with E-state index < -0.39 is 24.1 Å². The number of phenols is 1. The van der Waals surface area contributed by atoms with Crippen LogP contribution in [0.15, 0.2) is 35.9 Å². The summed E-state index contributed by atoms with van der Waals surface area (Å²) in [5.74, 6) is 0.229. The van der Waals surface area contributed by atoms with Gasteiger partial charge in [-0.1, -0.05) is 39.8 Å². The zero-order valence-corrected chi connectivity index (χ0v) is 17.0. The fraction of sp³-hybridized carbons (Fsp3) is 0.545. The lowest BCUT2D eigenvalue weighted by Gasteiger charge is -2.24. The molecule has 1 atom stereocenters. The van der Waals surface area contributed by atoms with Gasteiger partial charge in [-0.25, -0.2) is 9.59 Å². The number of aliphatic hydroxyl groups is 1. The first-order valence-corrected chi connectivity index (χ1v) is 9.67. The SMILES string of the molecule is CC(C)C(C/C=C1\CC(CO)(COC(=O)c2cccc(O)c2)OC1=O)C(C)C. The molecule has 0 aliphatic carbocycles. The largest absolute Gasteiger partial charge is 0.508 e. The predicted molar refractivity (Wildman–Crippen MR) is 105 cm³/mol. The molecule has 28 heavy (non-hydrogen) atoms. The molecule has 6 nitrogen and oxygen atoms in total. The summed E-state index contributed by atoms with van der Waals surface area (Å²) in [7, 11) is 0. The van der Waals surface area contributed by atoms with Crippen molar-refractivity contribution in [1.29, 1.82) is 0 Å². The Balaban J connectivity index is 2.04. The van der Waals surface area contributed by atoms with Gasteiger partial charge in [-0.3, -0.25) is 0 Å². The minimum Gasteiger partial charge on any atom is -0.508 e. The monoisotopic (exact) mass is 390 g/mol. The molecule has 0 amide bonds.